The molecule has 0 aliphatic heterocycles. The number of hydrogen-bond acceptors (Lipinski definition) is 0. The minimum atomic E-state index is 0.279. The predicted molar refractivity (Wildman–Crippen MR) is 191 cm³/mol. The van der Waals surface area contributed by atoms with Crippen molar-refractivity contribution in [3.05, 3.63) is 163 Å². The normalized spacial score (nSPS) is 14.7. The Kier molecular flexibility index (Phi) is 5.89. The van der Waals surface area contributed by atoms with Gasteiger partial charge in [-0.3, -0.25) is 0 Å². The van der Waals surface area contributed by atoms with Gasteiger partial charge in [0.1, 0.15) is 0 Å². The molecular formula is C43H32N2. The molecule has 0 saturated carbocycles. The number of aryl methyl sites for hydroxylation is 1. The van der Waals surface area contributed by atoms with Crippen molar-refractivity contribution in [1.29, 1.82) is 0 Å². The highest BCUT2D eigenvalue weighted by Gasteiger charge is 2.21. The van der Waals surface area contributed by atoms with Gasteiger partial charge in [-0.25, -0.2) is 0 Å². The molecule has 0 N–H and O–H groups in total. The summed E-state index contributed by atoms with van der Waals surface area (Å²) in [6, 6.07) is 49.5. The maximum absolute atomic E-state index is 2.55. The Hall–Kier alpha value is -5.60. The Labute approximate surface area is 262 Å². The van der Waals surface area contributed by atoms with Gasteiger partial charge in [0.15, 0.2) is 0 Å². The first kappa shape index (κ1) is 25.9. The van der Waals surface area contributed by atoms with E-state index in [1.54, 1.807) is 0 Å². The molecule has 2 heterocycles. The van der Waals surface area contributed by atoms with Crippen LogP contribution in [0, 0.1) is 6.92 Å². The third kappa shape index (κ3) is 4.17. The zero-order valence-corrected chi connectivity index (χ0v) is 25.2. The fourth-order valence-corrected chi connectivity index (χ4v) is 7.35. The number of aromatic nitrogens is 2. The predicted octanol–water partition coefficient (Wildman–Crippen LogP) is 11.6. The van der Waals surface area contributed by atoms with Crippen molar-refractivity contribution in [2.75, 3.05) is 0 Å². The molecule has 0 saturated heterocycles. The Balaban J connectivity index is 1.40. The van der Waals surface area contributed by atoms with Gasteiger partial charge in [-0.05, 0) is 83.6 Å². The smallest absolute Gasteiger partial charge is 0.0562 e. The Bertz CT molecular complexity index is 2400. The fraction of sp³-hybridized carbons (Fsp3) is 0.0698. The summed E-state index contributed by atoms with van der Waals surface area (Å²) in [7, 11) is 0. The van der Waals surface area contributed by atoms with Crippen LogP contribution in [0.15, 0.2) is 158 Å². The summed E-state index contributed by atoms with van der Waals surface area (Å²) in [6.07, 6.45) is 9.96. The molecule has 0 bridgehead atoms. The fourth-order valence-electron chi connectivity index (χ4n) is 7.35. The zero-order valence-electron chi connectivity index (χ0n) is 25.2. The van der Waals surface area contributed by atoms with E-state index in [9.17, 15) is 0 Å². The van der Waals surface area contributed by atoms with Gasteiger partial charge in [0, 0.05) is 32.7 Å². The maximum Gasteiger partial charge on any atom is 0.0562 e. The van der Waals surface area contributed by atoms with Crippen LogP contribution in [0.5, 0.6) is 0 Å². The molecule has 9 rings (SSSR count). The molecule has 0 amide bonds. The number of benzene rings is 6. The first-order chi connectivity index (χ1) is 22.2. The summed E-state index contributed by atoms with van der Waals surface area (Å²) in [5.41, 5.74) is 12.3. The summed E-state index contributed by atoms with van der Waals surface area (Å²) in [5.74, 6) is 0. The second-order valence-electron chi connectivity index (χ2n) is 12.2. The van der Waals surface area contributed by atoms with Gasteiger partial charge in [0.25, 0.3) is 0 Å². The van der Waals surface area contributed by atoms with Gasteiger partial charge >= 0.3 is 0 Å². The average Bonchev–Trinajstić information content (AvgIpc) is 3.59. The number of hydrogen-bond donors (Lipinski definition) is 0. The molecule has 214 valence electrons. The number of fused-ring (bicyclic) bond motifs is 6. The highest BCUT2D eigenvalue weighted by atomic mass is 15.0. The summed E-state index contributed by atoms with van der Waals surface area (Å²) >= 11 is 0. The van der Waals surface area contributed by atoms with E-state index in [0.29, 0.717) is 0 Å². The van der Waals surface area contributed by atoms with E-state index in [4.69, 9.17) is 0 Å². The molecule has 2 aromatic heterocycles. The Morgan fingerprint density at radius 3 is 1.84 bits per heavy atom. The molecule has 0 radical (unpaired) electrons. The second kappa shape index (κ2) is 10.2. The topological polar surface area (TPSA) is 9.86 Å². The molecule has 1 unspecified atom stereocenters. The van der Waals surface area contributed by atoms with E-state index >= 15 is 0 Å². The average molecular weight is 577 g/mol. The first-order valence-electron chi connectivity index (χ1n) is 15.8. The van der Waals surface area contributed by atoms with Crippen LogP contribution in [-0.4, -0.2) is 9.13 Å². The van der Waals surface area contributed by atoms with Crippen molar-refractivity contribution in [3.63, 3.8) is 0 Å². The molecule has 1 aliphatic rings. The third-order valence-electron chi connectivity index (χ3n) is 9.43. The van der Waals surface area contributed by atoms with Crippen LogP contribution in [0.3, 0.4) is 0 Å². The van der Waals surface area contributed by atoms with E-state index in [0.717, 1.165) is 6.42 Å². The zero-order chi connectivity index (χ0) is 29.9. The largest absolute Gasteiger partial charge is 0.333 e. The molecule has 1 atom stereocenters. The Morgan fingerprint density at radius 1 is 0.489 bits per heavy atom. The molecule has 0 fully saturated rings. The van der Waals surface area contributed by atoms with Crippen molar-refractivity contribution in [2.24, 2.45) is 0 Å². The van der Waals surface area contributed by atoms with Crippen molar-refractivity contribution >= 4 is 43.6 Å². The standard InChI is InChI=1S/C43H32N2/c1-29-21-22-37-39-27-38-36-19-11-12-20-40(36)44(34-17-9-4-10-18-34)42(38)28-43(39)45(41(37)23-29)35-25-32(30-13-5-2-6-14-30)24-33(26-35)31-15-7-3-8-16-31/h2-17,19-28,34H,18H2,1H3. The molecule has 0 spiro atoms. The van der Waals surface area contributed by atoms with Crippen molar-refractivity contribution in [1.82, 2.24) is 9.13 Å². The molecule has 6 aromatic carbocycles. The molecule has 45 heavy (non-hydrogen) atoms. The molecule has 2 nitrogen and oxygen atoms in total. The van der Waals surface area contributed by atoms with E-state index < -0.39 is 0 Å². The first-order valence-corrected chi connectivity index (χ1v) is 15.8. The molecule has 1 aliphatic carbocycles. The maximum atomic E-state index is 2.55. The SMILES string of the molecule is Cc1ccc2c3cc4c5ccccc5n(C5C=CC=CC5)c4cc3n(-c3cc(-c4ccccc4)cc(-c4ccccc4)c3)c2c1. The molecular weight excluding hydrogens is 544 g/mol. The number of para-hydroxylation sites is 1. The van der Waals surface area contributed by atoms with Gasteiger partial charge in [-0.2, -0.15) is 0 Å². The van der Waals surface area contributed by atoms with Crippen LogP contribution in [0.1, 0.15) is 18.0 Å². The lowest BCUT2D eigenvalue weighted by Gasteiger charge is -2.18. The van der Waals surface area contributed by atoms with E-state index in [-0.39, 0.29) is 6.04 Å². The van der Waals surface area contributed by atoms with Crippen LogP contribution in [0.2, 0.25) is 0 Å². The minimum absolute atomic E-state index is 0.279. The van der Waals surface area contributed by atoms with Gasteiger partial charge in [0.2, 0.25) is 0 Å². The van der Waals surface area contributed by atoms with Crippen LogP contribution in [0.4, 0.5) is 0 Å². The van der Waals surface area contributed by atoms with E-state index in [2.05, 4.69) is 174 Å². The lowest BCUT2D eigenvalue weighted by Crippen LogP contribution is -2.06. The lowest BCUT2D eigenvalue weighted by molar-refractivity contribution is 0.648. The van der Waals surface area contributed by atoms with Crippen LogP contribution < -0.4 is 0 Å². The monoisotopic (exact) mass is 576 g/mol. The van der Waals surface area contributed by atoms with E-state index in [1.165, 1.54) is 77.1 Å². The van der Waals surface area contributed by atoms with Gasteiger partial charge in [-0.1, -0.05) is 115 Å². The van der Waals surface area contributed by atoms with Crippen molar-refractivity contribution in [2.45, 2.75) is 19.4 Å². The summed E-state index contributed by atoms with van der Waals surface area (Å²) < 4.78 is 5.04. The quantitative estimate of drug-likeness (QED) is 0.197. The highest BCUT2D eigenvalue weighted by Crippen LogP contribution is 2.41. The second-order valence-corrected chi connectivity index (χ2v) is 12.2. The van der Waals surface area contributed by atoms with E-state index in [1.807, 2.05) is 0 Å². The number of nitrogens with zero attached hydrogens (tertiary/aromatic N) is 2. The Morgan fingerprint density at radius 2 is 1.13 bits per heavy atom. The summed E-state index contributed by atoms with van der Waals surface area (Å²) in [6.45, 7) is 2.19. The van der Waals surface area contributed by atoms with Crippen LogP contribution in [0.25, 0.3) is 71.6 Å². The summed E-state index contributed by atoms with van der Waals surface area (Å²) in [5, 5.41) is 5.18. The highest BCUT2D eigenvalue weighted by molar-refractivity contribution is 6.19. The number of rotatable bonds is 4. The molecule has 8 aromatic rings. The van der Waals surface area contributed by atoms with Crippen molar-refractivity contribution < 1.29 is 0 Å². The van der Waals surface area contributed by atoms with Crippen molar-refractivity contribution in [3.8, 4) is 27.9 Å². The van der Waals surface area contributed by atoms with Crippen LogP contribution in [-0.2, 0) is 0 Å². The third-order valence-corrected chi connectivity index (χ3v) is 9.43. The minimum Gasteiger partial charge on any atom is -0.333 e. The lowest BCUT2D eigenvalue weighted by atomic mass is 9.98. The van der Waals surface area contributed by atoms with Crippen LogP contribution >= 0.6 is 0 Å². The van der Waals surface area contributed by atoms with Gasteiger partial charge < -0.3 is 9.13 Å². The van der Waals surface area contributed by atoms with Gasteiger partial charge in [-0.15, -0.1) is 0 Å². The van der Waals surface area contributed by atoms with Gasteiger partial charge in [0.05, 0.1) is 22.6 Å². The number of allylic oxidation sites excluding steroid dienone is 4. The molecule has 2 heteroatoms. The summed E-state index contributed by atoms with van der Waals surface area (Å²) in [4.78, 5) is 0.